The summed E-state index contributed by atoms with van der Waals surface area (Å²) in [5, 5.41) is 100. The Balaban J connectivity index is 0.000000520. The number of carbonyl (C=O) groups excluding carboxylic acids is 4. The molecular weight excluding hydrogens is 1810 g/mol. The van der Waals surface area contributed by atoms with E-state index in [-0.39, 0.29) is 88.4 Å². The molecule has 41 heteroatoms. The van der Waals surface area contributed by atoms with Gasteiger partial charge in [-0.2, -0.15) is 0 Å². The molecule has 0 fully saturated rings. The third-order valence-electron chi connectivity index (χ3n) is 18.4. The van der Waals surface area contributed by atoms with Crippen LogP contribution >= 0.6 is 0 Å². The van der Waals surface area contributed by atoms with Gasteiger partial charge < -0.3 is 149 Å². The van der Waals surface area contributed by atoms with Crippen LogP contribution in [-0.4, -0.2) is 206 Å². The molecular formula is C97H123N15O25S. The summed E-state index contributed by atoms with van der Waals surface area (Å²) in [5.41, 5.74) is 68.5. The number of likely N-dealkylation sites (N-methyl/N-ethyl adjacent to an activating group) is 2. The molecule has 0 heterocycles. The van der Waals surface area contributed by atoms with Gasteiger partial charge in [0.25, 0.3) is 5.91 Å². The number of sulfonamides is 1. The van der Waals surface area contributed by atoms with Crippen LogP contribution in [0.2, 0.25) is 0 Å². The first-order valence-electron chi connectivity index (χ1n) is 42.2. The number of benzene rings is 11. The lowest BCUT2D eigenvalue weighted by molar-refractivity contribution is -0.141. The van der Waals surface area contributed by atoms with Crippen molar-refractivity contribution in [2.24, 2.45) is 5.73 Å². The SMILES string of the molecule is CCN(CC)CCNC(=O)c1ccc(N)cc1.CCN(CC)CCOC(=O)c1ccc(N)cc1.CCOC(=O)c1ccc(N)cc1.Nc1ccc(C(=O)O)c(O)c1.Nc1ccc(C(=O)O)cc1O.Nc1ccc(C(=O)Oc2ccccc2)c(O)c1.Nc1ccc(C(O)C(N)C(=O)O)cc1.Nc1ccc(C(O)CC(=O)O)cc1.Nc1ccc(CCC(=O)O)cc1.Nc1ccc(S(=O)(=O)NCCO)cc1. The monoisotopic (exact) mass is 1930 g/mol. The van der Waals surface area contributed by atoms with Crippen LogP contribution in [-0.2, 0) is 40.3 Å². The third-order valence-corrected chi connectivity index (χ3v) is 19.9. The summed E-state index contributed by atoms with van der Waals surface area (Å²) in [7, 11) is -3.50. The lowest BCUT2D eigenvalue weighted by Crippen LogP contribution is -2.36. The van der Waals surface area contributed by atoms with Crippen molar-refractivity contribution in [1.29, 1.82) is 0 Å². The molecule has 0 saturated carbocycles. The van der Waals surface area contributed by atoms with Gasteiger partial charge in [-0.05, 0) is 244 Å². The summed E-state index contributed by atoms with van der Waals surface area (Å²) < 4.78 is 40.2. The zero-order valence-electron chi connectivity index (χ0n) is 76.7. The number of para-hydroxylation sites is 1. The molecule has 3 unspecified atom stereocenters. The largest absolute Gasteiger partial charge is 0.507 e. The molecule has 35 N–H and O–H groups in total. The Morgan fingerprint density at radius 1 is 0.413 bits per heavy atom. The van der Waals surface area contributed by atoms with Gasteiger partial charge in [-0.1, -0.05) is 82.3 Å². The maximum Gasteiger partial charge on any atom is 0.347 e. The number of ether oxygens (including phenoxy) is 3. The number of nitrogens with one attached hydrogen (secondary N) is 2. The number of phenols is 3. The number of carboxylic acid groups (broad SMARTS) is 5. The highest BCUT2D eigenvalue weighted by Gasteiger charge is 2.24. The Morgan fingerprint density at radius 3 is 1.22 bits per heavy atom. The minimum atomic E-state index is -3.50. The highest BCUT2D eigenvalue weighted by atomic mass is 32.2. The number of aliphatic carboxylic acids is 3. The number of nitrogen functional groups attached to an aromatic ring is 10. The van der Waals surface area contributed by atoms with E-state index in [1.165, 1.54) is 72.8 Å². The standard InChI is InChI=1S/C13H21N3O.C13H20N2O2.C13H11NO3.C9H12N2O3.C9H11NO3.2C9H11NO2.C8H12N2O3S.2C7H7NO3/c1-3-16(4-2)10-9-15-13(17)11-5-7-12(14)8-6-11;1-3-15(4-2)9-10-17-13(16)11-5-7-12(14)8-6-11;14-9-6-7-11(12(15)8-9)13(16)17-10-4-2-1-3-5-10;10-6-3-1-5(2-4-6)8(12)7(11)9(13)14;10-7-3-1-6(2-4-7)8(11)5-9(12)13;10-8-4-1-7(2-5-8)3-6-9(11)12;1-2-12-9(11)7-3-5-8(10)6-4-7;9-7-1-3-8(4-2-7)14(12,13)10-5-6-11;8-4-1-2-5(7(10)11)6(9)3-4;8-5-2-1-4(7(10)11)3-6(5)9/h5-8H,3-4,9-10,14H2,1-2H3,(H,15,17);5-8H,3-4,9-10,14H2,1-2H3;1-8,15H,14H2;1-4,7-8,12H,10-11H2,(H,13,14);1-4,8,11H,5,10H2,(H,12,13);1-2,4-5H,3,6,10H2,(H,11,12);3-6H,2,10H2,1H3;1-4,10-11H,5-6,9H2;2*1-3,9H,8H2,(H,10,11). The van der Waals surface area contributed by atoms with Crippen LogP contribution in [0.5, 0.6) is 23.0 Å². The zero-order valence-corrected chi connectivity index (χ0v) is 77.5. The molecule has 0 aliphatic rings. The molecule has 11 aromatic carbocycles. The number of carboxylic acids is 5. The highest BCUT2D eigenvalue weighted by molar-refractivity contribution is 7.89. The molecule has 0 saturated heterocycles. The van der Waals surface area contributed by atoms with Gasteiger partial charge >= 0.3 is 47.8 Å². The predicted octanol–water partition coefficient (Wildman–Crippen LogP) is 9.41. The number of aliphatic hydroxyl groups excluding tert-OH is 3. The van der Waals surface area contributed by atoms with Crippen molar-refractivity contribution in [2.45, 2.75) is 77.0 Å². The Bertz CT molecular complexity index is 5590. The topological polar surface area (TPSA) is 755 Å². The number of aliphatic hydroxyl groups is 3. The summed E-state index contributed by atoms with van der Waals surface area (Å²) in [5.74, 6) is -6.82. The van der Waals surface area contributed by atoms with Crippen molar-refractivity contribution < 1.29 is 122 Å². The van der Waals surface area contributed by atoms with Crippen molar-refractivity contribution in [3.63, 3.8) is 0 Å². The Labute approximate surface area is 798 Å². The predicted molar refractivity (Wildman–Crippen MR) is 529 cm³/mol. The average Bonchev–Trinajstić information content (AvgIpc) is 0.845. The molecule has 3 atom stereocenters. The van der Waals surface area contributed by atoms with Gasteiger partial charge in [0, 0.05) is 101 Å². The summed E-state index contributed by atoms with van der Waals surface area (Å²) in [4.78, 5) is 102. The van der Waals surface area contributed by atoms with E-state index >= 15 is 0 Å². The van der Waals surface area contributed by atoms with E-state index in [2.05, 4.69) is 47.5 Å². The molecule has 11 rings (SSSR count). The van der Waals surface area contributed by atoms with Gasteiger partial charge in [0.2, 0.25) is 10.0 Å². The minimum absolute atomic E-state index is 0.00666. The fraction of sp³-hybridized carbons (Fsp3) is 0.227. The quantitative estimate of drug-likeness (QED) is 0.00832. The average molecular weight is 1930 g/mol. The molecule has 0 aromatic heterocycles. The lowest BCUT2D eigenvalue weighted by Gasteiger charge is -2.17. The number of nitrogens with two attached hydrogens (primary N) is 11. The Kier molecular flexibility index (Phi) is 54.4. The molecule has 138 heavy (non-hydrogen) atoms. The Hall–Kier alpha value is -16.3. The number of amides is 1. The second-order valence-electron chi connectivity index (χ2n) is 28.8. The molecule has 742 valence electrons. The van der Waals surface area contributed by atoms with Gasteiger partial charge in [-0.15, -0.1) is 0 Å². The maximum atomic E-state index is 11.7. The normalized spacial score (nSPS) is 10.8. The van der Waals surface area contributed by atoms with Crippen molar-refractivity contribution >= 4 is 121 Å². The van der Waals surface area contributed by atoms with E-state index in [1.54, 1.807) is 165 Å². The number of aryl methyl sites for hydroxylation is 1. The molecule has 11 aromatic rings. The number of esters is 3. The lowest BCUT2D eigenvalue weighted by atomic mass is 10.0. The fourth-order valence-corrected chi connectivity index (χ4v) is 11.6. The van der Waals surface area contributed by atoms with Gasteiger partial charge in [0.15, 0.2) is 0 Å². The van der Waals surface area contributed by atoms with E-state index < -0.39 is 64.1 Å². The van der Waals surface area contributed by atoms with Gasteiger partial charge in [-0.3, -0.25) is 19.2 Å². The minimum Gasteiger partial charge on any atom is -0.507 e. The van der Waals surface area contributed by atoms with E-state index in [0.717, 1.165) is 50.9 Å². The second kappa shape index (κ2) is 63.8. The second-order valence-corrected chi connectivity index (χ2v) is 30.5. The first kappa shape index (κ1) is 118. The zero-order chi connectivity index (χ0) is 104. The first-order valence-corrected chi connectivity index (χ1v) is 43.7. The summed E-state index contributed by atoms with van der Waals surface area (Å²) in [6.07, 6.45) is -1.73. The number of aromatic hydroxyl groups is 3. The van der Waals surface area contributed by atoms with E-state index in [1.807, 2.05) is 18.2 Å². The van der Waals surface area contributed by atoms with E-state index in [9.17, 15) is 66.9 Å². The number of carbonyl (C=O) groups is 9. The molecule has 0 bridgehead atoms. The van der Waals surface area contributed by atoms with Crippen molar-refractivity contribution in [1.82, 2.24) is 19.8 Å². The number of nitrogens with zero attached hydrogens (tertiary/aromatic N) is 2. The number of aromatic carboxylic acids is 2. The van der Waals surface area contributed by atoms with Crippen LogP contribution in [0.15, 0.2) is 260 Å². The van der Waals surface area contributed by atoms with Gasteiger partial charge in [0.05, 0.1) is 53.0 Å². The fourth-order valence-electron chi connectivity index (χ4n) is 10.6. The smallest absolute Gasteiger partial charge is 0.347 e. The molecule has 0 radical (unpaired) electrons. The van der Waals surface area contributed by atoms with Crippen LogP contribution < -0.4 is 77.8 Å². The molecule has 1 amide bonds. The van der Waals surface area contributed by atoms with E-state index in [4.69, 9.17) is 118 Å². The maximum absolute atomic E-state index is 11.7. The van der Waals surface area contributed by atoms with Crippen molar-refractivity contribution in [2.75, 3.05) is 130 Å². The van der Waals surface area contributed by atoms with Crippen LogP contribution in [0.3, 0.4) is 0 Å². The van der Waals surface area contributed by atoms with Crippen molar-refractivity contribution in [3.05, 3.63) is 305 Å². The molecule has 0 aliphatic carbocycles. The van der Waals surface area contributed by atoms with E-state index in [0.29, 0.717) is 111 Å². The van der Waals surface area contributed by atoms with Gasteiger partial charge in [-0.25, -0.2) is 37.1 Å². The van der Waals surface area contributed by atoms with Crippen LogP contribution in [0.1, 0.15) is 139 Å². The van der Waals surface area contributed by atoms with Crippen LogP contribution in [0.4, 0.5) is 56.9 Å². The number of hydrogen-bond donors (Lipinski definition) is 24. The van der Waals surface area contributed by atoms with Crippen LogP contribution in [0.25, 0.3) is 0 Å². The third kappa shape index (κ3) is 47.9. The Morgan fingerprint density at radius 2 is 0.819 bits per heavy atom. The summed E-state index contributed by atoms with van der Waals surface area (Å²) >= 11 is 0. The first-order chi connectivity index (χ1) is 65.3. The molecule has 40 nitrogen and oxygen atoms in total. The number of anilines is 10. The van der Waals surface area contributed by atoms with Crippen molar-refractivity contribution in [3.8, 4) is 23.0 Å². The number of hydrogen-bond acceptors (Lipinski definition) is 33. The van der Waals surface area contributed by atoms with Crippen LogP contribution in [0, 0.1) is 0 Å². The molecule has 0 aliphatic heterocycles. The molecule has 0 spiro atoms. The summed E-state index contributed by atoms with van der Waals surface area (Å²) in [6, 6.07) is 65.4. The number of rotatable bonds is 31. The van der Waals surface area contributed by atoms with Gasteiger partial charge in [0.1, 0.15) is 52.9 Å². The summed E-state index contributed by atoms with van der Waals surface area (Å²) in [6.45, 7) is 17.1. The highest BCUT2D eigenvalue weighted by Crippen LogP contribution is 2.26. The number of phenolic OH excluding ortho intramolecular Hbond substituents is 2.